The van der Waals surface area contributed by atoms with Gasteiger partial charge in [-0.15, -0.1) is 0 Å². The van der Waals surface area contributed by atoms with Crippen LogP contribution in [-0.4, -0.2) is 6.10 Å². The third-order valence-corrected chi connectivity index (χ3v) is 3.07. The van der Waals surface area contributed by atoms with Gasteiger partial charge in [-0.3, -0.25) is 0 Å². The Morgan fingerprint density at radius 2 is 1.95 bits per heavy atom. The third kappa shape index (κ3) is 4.14. The van der Waals surface area contributed by atoms with Crippen molar-refractivity contribution in [3.05, 3.63) is 53.5 Å². The summed E-state index contributed by atoms with van der Waals surface area (Å²) in [6.07, 6.45) is 0.197. The molecule has 0 radical (unpaired) electrons. The van der Waals surface area contributed by atoms with Crippen LogP contribution in [0.5, 0.6) is 5.75 Å². The van der Waals surface area contributed by atoms with E-state index in [2.05, 4.69) is 24.4 Å². The lowest BCUT2D eigenvalue weighted by molar-refractivity contribution is 0.242. The van der Waals surface area contributed by atoms with Crippen LogP contribution in [0.3, 0.4) is 0 Å². The van der Waals surface area contributed by atoms with Crippen molar-refractivity contribution in [3.63, 3.8) is 0 Å². The van der Waals surface area contributed by atoms with Gasteiger partial charge in [-0.25, -0.2) is 0 Å². The quantitative estimate of drug-likeness (QED) is 0.855. The molecule has 20 heavy (non-hydrogen) atoms. The molecule has 1 aromatic heterocycles. The molecule has 0 aliphatic heterocycles. The predicted molar refractivity (Wildman–Crippen MR) is 80.9 cm³/mol. The summed E-state index contributed by atoms with van der Waals surface area (Å²) in [6.45, 7) is 8.92. The van der Waals surface area contributed by atoms with Gasteiger partial charge in [0.1, 0.15) is 17.3 Å². The van der Waals surface area contributed by atoms with Gasteiger partial charge in [-0.1, -0.05) is 12.1 Å². The van der Waals surface area contributed by atoms with E-state index in [0.29, 0.717) is 0 Å². The zero-order chi connectivity index (χ0) is 14.5. The molecule has 1 atom stereocenters. The van der Waals surface area contributed by atoms with E-state index in [1.807, 2.05) is 45.0 Å². The number of nitrogens with one attached hydrogen (secondary N) is 1. The topological polar surface area (TPSA) is 34.4 Å². The van der Waals surface area contributed by atoms with Gasteiger partial charge in [0.2, 0.25) is 0 Å². The molecular formula is C17H23NO2. The Labute approximate surface area is 121 Å². The fourth-order valence-corrected chi connectivity index (χ4v) is 2.06. The molecule has 108 valence electrons. The van der Waals surface area contributed by atoms with E-state index in [4.69, 9.17) is 9.15 Å². The summed E-state index contributed by atoms with van der Waals surface area (Å²) in [5.74, 6) is 2.83. The van der Waals surface area contributed by atoms with Gasteiger partial charge in [0.25, 0.3) is 0 Å². The summed E-state index contributed by atoms with van der Waals surface area (Å²) < 4.78 is 11.3. The number of benzene rings is 1. The second-order valence-corrected chi connectivity index (χ2v) is 5.37. The molecule has 0 saturated heterocycles. The molecule has 0 spiro atoms. The Morgan fingerprint density at radius 1 is 1.15 bits per heavy atom. The van der Waals surface area contributed by atoms with E-state index in [-0.39, 0.29) is 12.1 Å². The van der Waals surface area contributed by atoms with Gasteiger partial charge >= 0.3 is 0 Å². The molecule has 0 saturated carbocycles. The standard InChI is InChI=1S/C17H23NO2/c1-12(2)19-16-7-5-6-15(10-16)11-18-14(4)17-9-8-13(3)20-17/h5-10,12,14,18H,11H2,1-4H3. The fourth-order valence-electron chi connectivity index (χ4n) is 2.06. The smallest absolute Gasteiger partial charge is 0.120 e. The maximum absolute atomic E-state index is 5.70. The van der Waals surface area contributed by atoms with Crippen LogP contribution in [0.25, 0.3) is 0 Å². The number of aryl methyl sites for hydroxylation is 1. The second-order valence-electron chi connectivity index (χ2n) is 5.37. The highest BCUT2D eigenvalue weighted by molar-refractivity contribution is 5.28. The first-order valence-corrected chi connectivity index (χ1v) is 7.10. The number of hydrogen-bond donors (Lipinski definition) is 1. The first kappa shape index (κ1) is 14.7. The average Bonchev–Trinajstić information content (AvgIpc) is 2.82. The molecule has 0 aliphatic carbocycles. The molecule has 2 aromatic rings. The van der Waals surface area contributed by atoms with E-state index in [0.717, 1.165) is 23.8 Å². The van der Waals surface area contributed by atoms with Gasteiger partial charge in [0.05, 0.1) is 12.1 Å². The first-order valence-electron chi connectivity index (χ1n) is 7.10. The maximum Gasteiger partial charge on any atom is 0.120 e. The van der Waals surface area contributed by atoms with Crippen LogP contribution in [0.15, 0.2) is 40.8 Å². The largest absolute Gasteiger partial charge is 0.491 e. The van der Waals surface area contributed by atoms with E-state index in [1.54, 1.807) is 0 Å². The lowest BCUT2D eigenvalue weighted by Gasteiger charge is -2.13. The number of hydrogen-bond acceptors (Lipinski definition) is 3. The fraction of sp³-hybridized carbons (Fsp3) is 0.412. The molecule has 0 bridgehead atoms. The Bertz CT molecular complexity index is 545. The van der Waals surface area contributed by atoms with Gasteiger partial charge in [0.15, 0.2) is 0 Å². The van der Waals surface area contributed by atoms with Crippen molar-refractivity contribution >= 4 is 0 Å². The number of ether oxygens (including phenoxy) is 1. The Kier molecular flexibility index (Phi) is 4.85. The summed E-state index contributed by atoms with van der Waals surface area (Å²) in [6, 6.07) is 12.4. The highest BCUT2D eigenvalue weighted by atomic mass is 16.5. The molecule has 2 rings (SSSR count). The Balaban J connectivity index is 1.93. The number of rotatable bonds is 6. The summed E-state index contributed by atoms with van der Waals surface area (Å²) in [4.78, 5) is 0. The molecule has 3 nitrogen and oxygen atoms in total. The van der Waals surface area contributed by atoms with Gasteiger partial charge < -0.3 is 14.5 Å². The summed E-state index contributed by atoms with van der Waals surface area (Å²) in [5.41, 5.74) is 1.21. The van der Waals surface area contributed by atoms with Crippen LogP contribution < -0.4 is 10.1 Å². The zero-order valence-corrected chi connectivity index (χ0v) is 12.6. The monoisotopic (exact) mass is 273 g/mol. The minimum Gasteiger partial charge on any atom is -0.491 e. The van der Waals surface area contributed by atoms with E-state index in [9.17, 15) is 0 Å². The summed E-state index contributed by atoms with van der Waals surface area (Å²) in [5, 5.41) is 3.46. The van der Waals surface area contributed by atoms with Crippen molar-refractivity contribution in [1.29, 1.82) is 0 Å². The van der Waals surface area contributed by atoms with Crippen molar-refractivity contribution < 1.29 is 9.15 Å². The van der Waals surface area contributed by atoms with Crippen molar-refractivity contribution in [3.8, 4) is 5.75 Å². The predicted octanol–water partition coefficient (Wildman–Crippen LogP) is 4.23. The van der Waals surface area contributed by atoms with Gasteiger partial charge in [-0.05, 0) is 57.5 Å². The van der Waals surface area contributed by atoms with Crippen molar-refractivity contribution in [1.82, 2.24) is 5.32 Å². The van der Waals surface area contributed by atoms with Crippen LogP contribution in [0, 0.1) is 6.92 Å². The highest BCUT2D eigenvalue weighted by Gasteiger charge is 2.09. The SMILES string of the molecule is Cc1ccc(C(C)NCc2cccc(OC(C)C)c2)o1. The van der Waals surface area contributed by atoms with E-state index >= 15 is 0 Å². The minimum atomic E-state index is 0.193. The first-order chi connectivity index (χ1) is 9.54. The Hall–Kier alpha value is -1.74. The highest BCUT2D eigenvalue weighted by Crippen LogP contribution is 2.18. The molecule has 1 aromatic carbocycles. The molecule has 3 heteroatoms. The lowest BCUT2D eigenvalue weighted by Crippen LogP contribution is -2.17. The van der Waals surface area contributed by atoms with Gasteiger partial charge in [-0.2, -0.15) is 0 Å². The number of furan rings is 1. The molecular weight excluding hydrogens is 250 g/mol. The normalized spacial score (nSPS) is 12.7. The van der Waals surface area contributed by atoms with Crippen molar-refractivity contribution in [2.75, 3.05) is 0 Å². The molecule has 1 N–H and O–H groups in total. The van der Waals surface area contributed by atoms with E-state index in [1.165, 1.54) is 5.56 Å². The summed E-state index contributed by atoms with van der Waals surface area (Å²) in [7, 11) is 0. The molecule has 1 unspecified atom stereocenters. The van der Waals surface area contributed by atoms with Crippen LogP contribution in [0.4, 0.5) is 0 Å². The average molecular weight is 273 g/mol. The van der Waals surface area contributed by atoms with Crippen molar-refractivity contribution in [2.24, 2.45) is 0 Å². The van der Waals surface area contributed by atoms with Crippen molar-refractivity contribution in [2.45, 2.75) is 46.4 Å². The van der Waals surface area contributed by atoms with Crippen LogP contribution in [0.1, 0.15) is 43.9 Å². The van der Waals surface area contributed by atoms with Crippen LogP contribution in [0.2, 0.25) is 0 Å². The lowest BCUT2D eigenvalue weighted by atomic mass is 10.2. The summed E-state index contributed by atoms with van der Waals surface area (Å²) >= 11 is 0. The molecule has 0 amide bonds. The molecule has 1 heterocycles. The maximum atomic E-state index is 5.70. The molecule has 0 fully saturated rings. The zero-order valence-electron chi connectivity index (χ0n) is 12.6. The minimum absolute atomic E-state index is 0.193. The van der Waals surface area contributed by atoms with Crippen LogP contribution >= 0.6 is 0 Å². The second kappa shape index (κ2) is 6.62. The van der Waals surface area contributed by atoms with Gasteiger partial charge in [0, 0.05) is 6.54 Å². The van der Waals surface area contributed by atoms with Crippen LogP contribution in [-0.2, 0) is 6.54 Å². The van der Waals surface area contributed by atoms with E-state index < -0.39 is 0 Å². The Morgan fingerprint density at radius 3 is 2.60 bits per heavy atom. The third-order valence-electron chi connectivity index (χ3n) is 3.07. The molecule has 0 aliphatic rings.